The molecule has 0 saturated carbocycles. The van der Waals surface area contributed by atoms with E-state index in [-0.39, 0.29) is 0 Å². The van der Waals surface area contributed by atoms with Gasteiger partial charge in [0, 0.05) is 0 Å². The molecule has 0 aliphatic rings. The monoisotopic (exact) mass is 152 g/mol. The van der Waals surface area contributed by atoms with Crippen molar-refractivity contribution in [2.45, 2.75) is 12.1 Å². The minimum atomic E-state index is -0.832. The third-order valence-electron chi connectivity index (χ3n) is 1.77. The predicted octanol–water partition coefficient (Wildman–Crippen LogP) is 2.17. The average molecular weight is 152 g/mol. The van der Waals surface area contributed by atoms with E-state index in [4.69, 9.17) is 15.7 Å². The molecule has 1 rings (SSSR count). The van der Waals surface area contributed by atoms with E-state index in [0.717, 1.165) is 11.1 Å². The highest BCUT2D eigenvalue weighted by atomic mass is 14.1. The van der Waals surface area contributed by atoms with Gasteiger partial charge in [-0.3, -0.25) is 0 Å². The van der Waals surface area contributed by atoms with Gasteiger partial charge in [-0.05, 0) is 5.56 Å². The van der Waals surface area contributed by atoms with Gasteiger partial charge >= 0.3 is 0 Å². The van der Waals surface area contributed by atoms with Crippen LogP contribution in [0.5, 0.6) is 0 Å². The second kappa shape index (κ2) is 3.22. The molecule has 0 nitrogen and oxygen atoms in total. The largest absolute Gasteiger partial charge is 0.0962 e. The summed E-state index contributed by atoms with van der Waals surface area (Å²) in [5, 5.41) is -0.832. The molecular weight excluding hydrogens is 142 g/mol. The van der Waals surface area contributed by atoms with Gasteiger partial charge in [0.15, 0.2) is 0 Å². The lowest BCUT2D eigenvalue weighted by Gasteiger charge is -2.22. The fourth-order valence-electron chi connectivity index (χ4n) is 0.950. The maximum Gasteiger partial charge on any atom is 0.0679 e. The molecule has 0 fully saturated rings. The van der Waals surface area contributed by atoms with Crippen molar-refractivity contribution in [2.75, 3.05) is 0 Å². The maximum absolute atomic E-state index is 5.69. The maximum atomic E-state index is 5.69. The standard InChI is InChI=1S/C10H10B2/c1-8(10(2,11)12)9-6-4-3-5-7-9/h3-7H,1H2,2H3. The van der Waals surface area contributed by atoms with Gasteiger partial charge in [0.25, 0.3) is 0 Å². The van der Waals surface area contributed by atoms with E-state index in [0.29, 0.717) is 0 Å². The molecule has 0 unspecified atom stereocenters. The molecule has 1 aromatic carbocycles. The number of benzene rings is 1. The van der Waals surface area contributed by atoms with E-state index in [2.05, 4.69) is 6.58 Å². The van der Waals surface area contributed by atoms with Crippen molar-refractivity contribution in [3.63, 3.8) is 0 Å². The molecule has 0 bridgehead atoms. The Balaban J connectivity index is 2.94. The van der Waals surface area contributed by atoms with Gasteiger partial charge in [-0.15, -0.1) is 0 Å². The van der Waals surface area contributed by atoms with Crippen molar-refractivity contribution in [3.8, 4) is 0 Å². The van der Waals surface area contributed by atoms with Crippen LogP contribution in [0, 0.1) is 0 Å². The SMILES string of the molecule is [B]C([B])(C)C(=C)c1ccccc1. The molecule has 0 spiro atoms. The zero-order chi connectivity index (χ0) is 9.19. The Morgan fingerprint density at radius 1 is 1.25 bits per heavy atom. The van der Waals surface area contributed by atoms with Crippen molar-refractivity contribution in [3.05, 3.63) is 42.5 Å². The first kappa shape index (κ1) is 9.18. The Hall–Kier alpha value is -0.910. The summed E-state index contributed by atoms with van der Waals surface area (Å²) < 4.78 is 0. The lowest BCUT2D eigenvalue weighted by Crippen LogP contribution is -2.09. The second-order valence-electron chi connectivity index (χ2n) is 3.13. The number of rotatable bonds is 2. The van der Waals surface area contributed by atoms with Crippen LogP contribution >= 0.6 is 0 Å². The summed E-state index contributed by atoms with van der Waals surface area (Å²) in [7, 11) is 11.4. The Morgan fingerprint density at radius 3 is 2.17 bits per heavy atom. The van der Waals surface area contributed by atoms with Gasteiger partial charge in [-0.25, -0.2) is 0 Å². The highest BCUT2D eigenvalue weighted by Crippen LogP contribution is 2.32. The van der Waals surface area contributed by atoms with Crippen LogP contribution in [0.3, 0.4) is 0 Å². The van der Waals surface area contributed by atoms with Crippen LogP contribution in [0.2, 0.25) is 5.21 Å². The molecular formula is C10H10B2. The Morgan fingerprint density at radius 2 is 1.75 bits per heavy atom. The van der Waals surface area contributed by atoms with Crippen LogP contribution in [0.1, 0.15) is 12.5 Å². The lowest BCUT2D eigenvalue weighted by atomic mass is 9.51. The Labute approximate surface area is 76.5 Å². The van der Waals surface area contributed by atoms with Gasteiger partial charge in [0.05, 0.1) is 15.7 Å². The quantitative estimate of drug-likeness (QED) is 0.569. The van der Waals surface area contributed by atoms with E-state index < -0.39 is 5.21 Å². The predicted molar refractivity (Wildman–Crippen MR) is 55.4 cm³/mol. The number of hydrogen-bond donors (Lipinski definition) is 0. The molecule has 0 aliphatic heterocycles. The zero-order valence-electron chi connectivity index (χ0n) is 7.25. The van der Waals surface area contributed by atoms with Crippen LogP contribution in [0.25, 0.3) is 5.57 Å². The molecule has 12 heavy (non-hydrogen) atoms. The van der Waals surface area contributed by atoms with Crippen molar-refractivity contribution >= 4 is 21.3 Å². The van der Waals surface area contributed by atoms with Gasteiger partial charge in [0.1, 0.15) is 0 Å². The van der Waals surface area contributed by atoms with Crippen molar-refractivity contribution < 1.29 is 0 Å². The number of allylic oxidation sites excluding steroid dienone is 1. The molecule has 4 radical (unpaired) electrons. The normalized spacial score (nSPS) is 11.1. The van der Waals surface area contributed by atoms with E-state index >= 15 is 0 Å². The van der Waals surface area contributed by atoms with Gasteiger partial charge in [-0.2, -0.15) is 0 Å². The molecule has 0 aromatic heterocycles. The third-order valence-corrected chi connectivity index (χ3v) is 1.77. The summed E-state index contributed by atoms with van der Waals surface area (Å²) in [6.45, 7) is 5.58. The molecule has 56 valence electrons. The van der Waals surface area contributed by atoms with Crippen LogP contribution in [-0.4, -0.2) is 15.7 Å². The second-order valence-corrected chi connectivity index (χ2v) is 3.13. The zero-order valence-corrected chi connectivity index (χ0v) is 7.25. The van der Waals surface area contributed by atoms with Crippen LogP contribution in [0.15, 0.2) is 36.9 Å². The lowest BCUT2D eigenvalue weighted by molar-refractivity contribution is 1.12. The van der Waals surface area contributed by atoms with Crippen molar-refractivity contribution in [1.29, 1.82) is 0 Å². The molecule has 0 atom stereocenters. The summed E-state index contributed by atoms with van der Waals surface area (Å²) in [6.07, 6.45) is 0. The first-order valence-corrected chi connectivity index (χ1v) is 3.84. The van der Waals surface area contributed by atoms with E-state index in [1.165, 1.54) is 0 Å². The minimum absolute atomic E-state index is 0.753. The molecule has 0 saturated heterocycles. The fourth-order valence-corrected chi connectivity index (χ4v) is 0.950. The van der Waals surface area contributed by atoms with Gasteiger partial charge < -0.3 is 0 Å². The molecule has 1 aromatic rings. The van der Waals surface area contributed by atoms with Crippen molar-refractivity contribution in [2.24, 2.45) is 0 Å². The average Bonchev–Trinajstić information content (AvgIpc) is 2.03. The number of hydrogen-bond acceptors (Lipinski definition) is 0. The van der Waals surface area contributed by atoms with Crippen LogP contribution in [0.4, 0.5) is 0 Å². The Bertz CT molecular complexity index is 270. The van der Waals surface area contributed by atoms with E-state index in [1.54, 1.807) is 6.92 Å². The smallest absolute Gasteiger partial charge is 0.0679 e. The molecule has 0 heterocycles. The summed E-state index contributed by atoms with van der Waals surface area (Å²) >= 11 is 0. The first-order valence-electron chi connectivity index (χ1n) is 3.84. The van der Waals surface area contributed by atoms with Gasteiger partial charge in [-0.1, -0.05) is 54.6 Å². The summed E-state index contributed by atoms with van der Waals surface area (Å²) in [5.74, 6) is 0. The molecule has 0 N–H and O–H groups in total. The third kappa shape index (κ3) is 2.04. The molecule has 0 aliphatic carbocycles. The van der Waals surface area contributed by atoms with Crippen LogP contribution in [-0.2, 0) is 0 Å². The highest BCUT2D eigenvalue weighted by molar-refractivity contribution is 6.45. The van der Waals surface area contributed by atoms with E-state index in [9.17, 15) is 0 Å². The van der Waals surface area contributed by atoms with Gasteiger partial charge in [0.2, 0.25) is 0 Å². The summed E-state index contributed by atoms with van der Waals surface area (Å²) in [5.41, 5.74) is 1.74. The summed E-state index contributed by atoms with van der Waals surface area (Å²) in [4.78, 5) is 0. The highest BCUT2D eigenvalue weighted by Gasteiger charge is 2.14. The van der Waals surface area contributed by atoms with E-state index in [1.807, 2.05) is 30.3 Å². The Kier molecular flexibility index (Phi) is 2.46. The fraction of sp³-hybridized carbons (Fsp3) is 0.200. The molecule has 0 amide bonds. The first-order chi connectivity index (χ1) is 5.52. The van der Waals surface area contributed by atoms with Crippen molar-refractivity contribution in [1.82, 2.24) is 0 Å². The topological polar surface area (TPSA) is 0 Å². The summed E-state index contributed by atoms with van der Waals surface area (Å²) in [6, 6.07) is 9.71. The minimum Gasteiger partial charge on any atom is -0.0962 e. The van der Waals surface area contributed by atoms with Crippen LogP contribution < -0.4 is 0 Å². The molecule has 2 heteroatoms.